The van der Waals surface area contributed by atoms with E-state index < -0.39 is 11.9 Å². The van der Waals surface area contributed by atoms with Gasteiger partial charge in [-0.25, -0.2) is 0 Å². The molecule has 0 aromatic carbocycles. The monoisotopic (exact) mass is 358 g/mol. The van der Waals surface area contributed by atoms with Gasteiger partial charge in [-0.05, 0) is 26.4 Å². The van der Waals surface area contributed by atoms with Crippen LogP contribution in [0.2, 0.25) is 0 Å². The summed E-state index contributed by atoms with van der Waals surface area (Å²) in [5.41, 5.74) is 0. The maximum Gasteiger partial charge on any atom is 2.00 e. The van der Waals surface area contributed by atoms with Crippen LogP contribution in [0.5, 0.6) is 0 Å². The standard InChI is InChI=1S/C6H10O4.4CO.Ru/c1-9-5(7)3-4-6(8)10-2;4*1-2;/h3-4,7-8H,1-2H3;;;;;/q;;;;;+2/p-2. The minimum Gasteiger partial charge on any atom is 2.00 e. The van der Waals surface area contributed by atoms with Gasteiger partial charge in [0.1, 0.15) is 0 Å². The molecule has 0 rings (SSSR count). The number of hydrogen-bond acceptors (Lipinski definition) is 4. The quantitative estimate of drug-likeness (QED) is 0.200. The molecule has 9 heteroatoms. The van der Waals surface area contributed by atoms with Gasteiger partial charge in [-0.2, -0.15) is 0 Å². The summed E-state index contributed by atoms with van der Waals surface area (Å²) in [4.78, 5) is 0. The number of allylic oxidation sites excluding steroid dienone is 2. The summed E-state index contributed by atoms with van der Waals surface area (Å²) in [7, 11) is 2.45. The Morgan fingerprint density at radius 2 is 0.895 bits per heavy atom. The maximum absolute atomic E-state index is 10.3. The molecule has 0 heterocycles. The summed E-state index contributed by atoms with van der Waals surface area (Å²) in [6.45, 7) is 18.0. The molecule has 0 aromatic heterocycles. The van der Waals surface area contributed by atoms with Gasteiger partial charge in [0.05, 0.1) is 11.9 Å². The Morgan fingerprint density at radius 1 is 0.737 bits per heavy atom. The smallest absolute Gasteiger partial charge is 2.00 e. The molecule has 8 nitrogen and oxygen atoms in total. The van der Waals surface area contributed by atoms with Crippen LogP contribution in [0.3, 0.4) is 0 Å². The molecule has 0 bridgehead atoms. The SMILES string of the molecule is COC([O-])=CC=C([O-])OC.[C-]#[O+].[C-]#[O+].[C-]#[O+].[C-]#[O+].[Ru+2]. The summed E-state index contributed by atoms with van der Waals surface area (Å²) in [5, 5.41) is 20.6. The van der Waals surface area contributed by atoms with Crippen LogP contribution in [-0.4, -0.2) is 14.2 Å². The third-order valence-electron chi connectivity index (χ3n) is 0.758. The fourth-order valence-corrected chi connectivity index (χ4v) is 0.272. The van der Waals surface area contributed by atoms with Crippen LogP contribution in [0.25, 0.3) is 0 Å². The van der Waals surface area contributed by atoms with Gasteiger partial charge in [0.25, 0.3) is 0 Å². The minimum absolute atomic E-state index is 0. The first-order chi connectivity index (χ1) is 8.70. The molecule has 0 spiro atoms. The van der Waals surface area contributed by atoms with Crippen LogP contribution < -0.4 is 10.2 Å². The summed E-state index contributed by atoms with van der Waals surface area (Å²) in [6.07, 6.45) is 1.98. The van der Waals surface area contributed by atoms with Gasteiger partial charge in [-0.1, -0.05) is 0 Å². The molecule has 19 heavy (non-hydrogen) atoms. The van der Waals surface area contributed by atoms with E-state index in [1.807, 2.05) is 0 Å². The largest absolute Gasteiger partial charge is 2.00 e. The van der Waals surface area contributed by atoms with Gasteiger partial charge in [0, 0.05) is 0 Å². The predicted molar refractivity (Wildman–Crippen MR) is 45.9 cm³/mol. The van der Waals surface area contributed by atoms with Gasteiger partial charge >= 0.3 is 64.7 Å². The number of ether oxygens (including phenoxy) is 2. The third-order valence-corrected chi connectivity index (χ3v) is 0.758. The van der Waals surface area contributed by atoms with Gasteiger partial charge in [0.2, 0.25) is 0 Å². The van der Waals surface area contributed by atoms with Crippen molar-refractivity contribution in [1.82, 2.24) is 0 Å². The Hall–Kier alpha value is -1.74. The van der Waals surface area contributed by atoms with Crippen LogP contribution in [-0.2, 0) is 47.6 Å². The van der Waals surface area contributed by atoms with Crippen molar-refractivity contribution >= 4 is 0 Å². The van der Waals surface area contributed by atoms with Crippen LogP contribution in [0.1, 0.15) is 0 Å². The van der Waals surface area contributed by atoms with Crippen molar-refractivity contribution in [3.63, 3.8) is 0 Å². The first-order valence-electron chi connectivity index (χ1n) is 3.36. The Morgan fingerprint density at radius 3 is 1.00 bits per heavy atom. The second-order valence-corrected chi connectivity index (χ2v) is 1.38. The molecule has 0 aliphatic carbocycles. The Balaban J connectivity index is -0.0000000401. The molecule has 0 amide bonds. The normalized spacial score (nSPS) is 7.26. The van der Waals surface area contributed by atoms with E-state index >= 15 is 0 Å². The molecule has 0 N–H and O–H groups in total. The third kappa shape index (κ3) is 62.7. The molecule has 0 aromatic rings. The minimum atomic E-state index is -0.578. The van der Waals surface area contributed by atoms with Crippen molar-refractivity contribution in [3.05, 3.63) is 50.6 Å². The zero-order valence-electron chi connectivity index (χ0n) is 9.77. The van der Waals surface area contributed by atoms with Gasteiger partial charge in [-0.3, -0.25) is 0 Å². The maximum atomic E-state index is 10.3. The molecule has 0 fully saturated rings. The van der Waals surface area contributed by atoms with Crippen LogP contribution in [0, 0.1) is 26.6 Å². The summed E-state index contributed by atoms with van der Waals surface area (Å²) < 4.78 is 38.4. The van der Waals surface area contributed by atoms with E-state index in [0.717, 1.165) is 12.2 Å². The van der Waals surface area contributed by atoms with Gasteiger partial charge < -0.3 is 19.7 Å². The second-order valence-electron chi connectivity index (χ2n) is 1.38. The second kappa shape index (κ2) is 55.5. The van der Waals surface area contributed by atoms with Crippen LogP contribution in [0.15, 0.2) is 24.0 Å². The molecular formula is C10H8O8Ru. The van der Waals surface area contributed by atoms with Crippen LogP contribution in [0.4, 0.5) is 0 Å². The van der Waals surface area contributed by atoms with Crippen molar-refractivity contribution in [2.75, 3.05) is 14.2 Å². The first-order valence-corrected chi connectivity index (χ1v) is 3.36. The fraction of sp³-hybridized carbons (Fsp3) is 0.200. The summed E-state index contributed by atoms with van der Waals surface area (Å²) in [5.74, 6) is -1.16. The molecule has 0 atom stereocenters. The van der Waals surface area contributed by atoms with Crippen molar-refractivity contribution in [2.45, 2.75) is 0 Å². The van der Waals surface area contributed by atoms with Crippen molar-refractivity contribution in [3.8, 4) is 0 Å². The number of hydrogen-bond donors (Lipinski definition) is 0. The number of rotatable bonds is 3. The predicted octanol–water partition coefficient (Wildman–Crippen LogP) is -1.47. The zero-order valence-corrected chi connectivity index (χ0v) is 11.5. The molecule has 0 unspecified atom stereocenters. The topological polar surface area (TPSA) is 144 Å². The van der Waals surface area contributed by atoms with Gasteiger partial charge in [0.15, 0.2) is 0 Å². The van der Waals surface area contributed by atoms with Crippen molar-refractivity contribution < 1.29 is 57.8 Å². The average Bonchev–Trinajstić information content (AvgIpc) is 2.52. The molecule has 104 valence electrons. The molecule has 0 saturated heterocycles. The molecule has 0 aliphatic rings. The van der Waals surface area contributed by atoms with E-state index in [0.29, 0.717) is 0 Å². The Kier molecular flexibility index (Phi) is 105. The Bertz CT molecular complexity index is 245. The molecule has 0 aliphatic heterocycles. The molecule has 0 saturated carbocycles. The van der Waals surface area contributed by atoms with Crippen molar-refractivity contribution in [2.24, 2.45) is 0 Å². The zero-order chi connectivity index (χ0) is 16.0. The Labute approximate surface area is 123 Å². The fourth-order valence-electron chi connectivity index (χ4n) is 0.272. The van der Waals surface area contributed by atoms with E-state index in [9.17, 15) is 10.2 Å². The van der Waals surface area contributed by atoms with E-state index in [-0.39, 0.29) is 19.5 Å². The average molecular weight is 357 g/mol. The van der Waals surface area contributed by atoms with Gasteiger partial charge in [-0.15, -0.1) is 0 Å². The summed E-state index contributed by atoms with van der Waals surface area (Å²) >= 11 is 0. The molecular weight excluding hydrogens is 349 g/mol. The van der Waals surface area contributed by atoms with E-state index in [1.165, 1.54) is 14.2 Å². The van der Waals surface area contributed by atoms with E-state index in [2.05, 4.69) is 36.1 Å². The van der Waals surface area contributed by atoms with Crippen molar-refractivity contribution in [1.29, 1.82) is 0 Å². The van der Waals surface area contributed by atoms with E-state index in [1.54, 1.807) is 0 Å². The van der Waals surface area contributed by atoms with E-state index in [4.69, 9.17) is 18.6 Å². The van der Waals surface area contributed by atoms with Crippen LogP contribution >= 0.6 is 0 Å². The number of methoxy groups -OCH3 is 2. The first kappa shape index (κ1) is 36.0. The summed E-state index contributed by atoms with van der Waals surface area (Å²) in [6, 6.07) is 0. The molecule has 0 radical (unpaired) electrons.